The molecule has 1 N–H and O–H groups in total. The van der Waals surface area contributed by atoms with Gasteiger partial charge in [0.1, 0.15) is 11.6 Å². The molecular weight excluding hydrogens is 419 g/mol. The largest absolute Gasteiger partial charge is 0.354 e. The van der Waals surface area contributed by atoms with Crippen molar-refractivity contribution >= 4 is 29.0 Å². The summed E-state index contributed by atoms with van der Waals surface area (Å²) < 4.78 is 14.8. The minimum atomic E-state index is -0.441. The topological polar surface area (TPSA) is 67.2 Å². The molecule has 4 rings (SSSR count). The maximum Gasteiger partial charge on any atom is 0.271 e. The summed E-state index contributed by atoms with van der Waals surface area (Å²) in [6.45, 7) is 3.10. The van der Waals surface area contributed by atoms with Crippen LogP contribution in [0.15, 0.2) is 59.4 Å². The average Bonchev–Trinajstić information content (AvgIpc) is 2.76. The summed E-state index contributed by atoms with van der Waals surface area (Å²) in [5.41, 5.74) is 1.65. The molecule has 1 fully saturated rings. The molecule has 1 saturated heterocycles. The van der Waals surface area contributed by atoms with Crippen LogP contribution in [0.5, 0.6) is 0 Å². The van der Waals surface area contributed by atoms with Crippen LogP contribution in [0.4, 0.5) is 15.9 Å². The molecule has 3 aromatic rings. The van der Waals surface area contributed by atoms with E-state index in [1.165, 1.54) is 28.9 Å². The maximum absolute atomic E-state index is 13.6. The molecule has 8 heteroatoms. The Balaban J connectivity index is 1.52. The predicted octanol–water partition coefficient (Wildman–Crippen LogP) is 4.19. The van der Waals surface area contributed by atoms with Crippen molar-refractivity contribution in [2.45, 2.75) is 19.8 Å². The number of aryl methyl sites for hydroxylation is 1. The van der Waals surface area contributed by atoms with Crippen molar-refractivity contribution in [3.8, 4) is 5.69 Å². The van der Waals surface area contributed by atoms with Crippen molar-refractivity contribution in [2.24, 2.45) is 5.92 Å². The Kier molecular flexibility index (Phi) is 6.04. The minimum Gasteiger partial charge on any atom is -0.354 e. The van der Waals surface area contributed by atoms with Gasteiger partial charge in [0.15, 0.2) is 0 Å². The summed E-state index contributed by atoms with van der Waals surface area (Å²) in [6.07, 6.45) is 1.58. The highest BCUT2D eigenvalue weighted by Crippen LogP contribution is 2.25. The Morgan fingerprint density at radius 1 is 1.19 bits per heavy atom. The van der Waals surface area contributed by atoms with E-state index in [1.807, 2.05) is 17.9 Å². The predicted molar refractivity (Wildman–Crippen MR) is 120 cm³/mol. The van der Waals surface area contributed by atoms with Crippen LogP contribution in [0.1, 0.15) is 18.4 Å². The number of amides is 1. The van der Waals surface area contributed by atoms with Gasteiger partial charge in [-0.3, -0.25) is 9.59 Å². The summed E-state index contributed by atoms with van der Waals surface area (Å²) in [4.78, 5) is 27.1. The Bertz CT molecular complexity index is 1180. The van der Waals surface area contributed by atoms with E-state index in [-0.39, 0.29) is 17.4 Å². The van der Waals surface area contributed by atoms with E-state index in [0.717, 1.165) is 30.6 Å². The van der Waals surface area contributed by atoms with Crippen molar-refractivity contribution in [3.63, 3.8) is 0 Å². The van der Waals surface area contributed by atoms with Gasteiger partial charge in [-0.2, -0.15) is 4.68 Å². The van der Waals surface area contributed by atoms with Crippen molar-refractivity contribution < 1.29 is 9.18 Å². The standard InChI is InChI=1S/C23H22ClFN4O2/c1-15-12-17(24)7-8-20(15)26-23(31)16-4-3-11-28(14-16)21-9-10-22(30)29(27-21)19-6-2-5-18(25)13-19/h2,5-10,12-13,16H,3-4,11,14H2,1H3,(H,26,31). The lowest BCUT2D eigenvalue weighted by molar-refractivity contribution is -0.120. The molecule has 1 amide bonds. The number of nitrogens with zero attached hydrogens (tertiary/aromatic N) is 3. The highest BCUT2D eigenvalue weighted by atomic mass is 35.5. The quantitative estimate of drug-likeness (QED) is 0.660. The van der Waals surface area contributed by atoms with Gasteiger partial charge in [-0.15, -0.1) is 5.10 Å². The molecule has 1 aromatic heterocycles. The van der Waals surface area contributed by atoms with Crippen LogP contribution in [0.3, 0.4) is 0 Å². The molecular formula is C23H22ClFN4O2. The molecule has 0 spiro atoms. The van der Waals surface area contributed by atoms with Crippen molar-refractivity contribution in [1.82, 2.24) is 9.78 Å². The van der Waals surface area contributed by atoms with E-state index < -0.39 is 5.82 Å². The number of halogens is 2. The van der Waals surface area contributed by atoms with E-state index in [1.54, 1.807) is 24.3 Å². The van der Waals surface area contributed by atoms with E-state index in [9.17, 15) is 14.0 Å². The lowest BCUT2D eigenvalue weighted by atomic mass is 9.97. The zero-order valence-corrected chi connectivity index (χ0v) is 17.8. The molecule has 0 bridgehead atoms. The number of benzene rings is 2. The zero-order valence-electron chi connectivity index (χ0n) is 17.0. The molecule has 0 radical (unpaired) electrons. The van der Waals surface area contributed by atoms with Crippen molar-refractivity contribution in [1.29, 1.82) is 0 Å². The van der Waals surface area contributed by atoms with Gasteiger partial charge in [-0.25, -0.2) is 4.39 Å². The number of anilines is 2. The molecule has 6 nitrogen and oxygen atoms in total. The lowest BCUT2D eigenvalue weighted by Gasteiger charge is -2.33. The molecule has 31 heavy (non-hydrogen) atoms. The molecule has 2 heterocycles. The van der Waals surface area contributed by atoms with Crippen LogP contribution < -0.4 is 15.8 Å². The van der Waals surface area contributed by atoms with E-state index in [0.29, 0.717) is 23.1 Å². The van der Waals surface area contributed by atoms with Crippen molar-refractivity contribution in [3.05, 3.63) is 81.4 Å². The number of piperidine rings is 1. The molecule has 1 unspecified atom stereocenters. The van der Waals surface area contributed by atoms with E-state index in [2.05, 4.69) is 10.4 Å². The molecule has 1 atom stereocenters. The first kappa shape index (κ1) is 21.1. The van der Waals surface area contributed by atoms with E-state index in [4.69, 9.17) is 11.6 Å². The first-order chi connectivity index (χ1) is 14.9. The smallest absolute Gasteiger partial charge is 0.271 e. The average molecular weight is 441 g/mol. The molecule has 0 saturated carbocycles. The number of aromatic nitrogens is 2. The van der Waals surface area contributed by atoms with Gasteiger partial charge in [0, 0.05) is 29.9 Å². The molecule has 160 valence electrons. The van der Waals surface area contributed by atoms with Gasteiger partial charge in [0.25, 0.3) is 5.56 Å². The van der Waals surface area contributed by atoms with E-state index >= 15 is 0 Å². The van der Waals surface area contributed by atoms with Crippen LogP contribution in [0.25, 0.3) is 5.69 Å². The van der Waals surface area contributed by atoms with Gasteiger partial charge in [0.2, 0.25) is 5.91 Å². The van der Waals surface area contributed by atoms with Gasteiger partial charge in [-0.05, 0) is 67.8 Å². The Morgan fingerprint density at radius 3 is 2.81 bits per heavy atom. The summed E-state index contributed by atoms with van der Waals surface area (Å²) in [5, 5.41) is 8.04. The summed E-state index contributed by atoms with van der Waals surface area (Å²) in [7, 11) is 0. The number of carbonyl (C=O) groups is 1. The fraction of sp³-hybridized carbons (Fsp3) is 0.261. The normalized spacial score (nSPS) is 16.2. The maximum atomic E-state index is 13.6. The molecule has 1 aliphatic heterocycles. The number of hydrogen-bond acceptors (Lipinski definition) is 4. The number of hydrogen-bond donors (Lipinski definition) is 1. The molecule has 1 aliphatic rings. The van der Waals surface area contributed by atoms with Crippen LogP contribution in [0.2, 0.25) is 5.02 Å². The summed E-state index contributed by atoms with van der Waals surface area (Å²) >= 11 is 5.99. The highest BCUT2D eigenvalue weighted by Gasteiger charge is 2.27. The number of rotatable bonds is 4. The van der Waals surface area contributed by atoms with Crippen LogP contribution >= 0.6 is 11.6 Å². The Labute approximate surface area is 184 Å². The number of carbonyl (C=O) groups excluding carboxylic acids is 1. The zero-order chi connectivity index (χ0) is 22.0. The second kappa shape index (κ2) is 8.89. The van der Waals surface area contributed by atoms with Gasteiger partial charge >= 0.3 is 0 Å². The monoisotopic (exact) mass is 440 g/mol. The fourth-order valence-corrected chi connectivity index (χ4v) is 3.99. The second-order valence-corrected chi connectivity index (χ2v) is 8.09. The van der Waals surface area contributed by atoms with Crippen LogP contribution in [-0.4, -0.2) is 28.8 Å². The first-order valence-electron chi connectivity index (χ1n) is 10.1. The molecule has 2 aromatic carbocycles. The fourth-order valence-electron chi connectivity index (χ4n) is 3.76. The third-order valence-corrected chi connectivity index (χ3v) is 5.64. The SMILES string of the molecule is Cc1cc(Cl)ccc1NC(=O)C1CCCN(c2ccc(=O)n(-c3cccc(F)c3)n2)C1. The van der Waals surface area contributed by atoms with Crippen LogP contribution in [0, 0.1) is 18.7 Å². The third-order valence-electron chi connectivity index (χ3n) is 5.40. The minimum absolute atomic E-state index is 0.0615. The molecule has 0 aliphatic carbocycles. The summed E-state index contributed by atoms with van der Waals surface area (Å²) in [5.74, 6) is -0.151. The first-order valence-corrected chi connectivity index (χ1v) is 10.5. The lowest BCUT2D eigenvalue weighted by Crippen LogP contribution is -2.41. The van der Waals surface area contributed by atoms with Crippen LogP contribution in [-0.2, 0) is 4.79 Å². The Hall–Kier alpha value is -3.19. The van der Waals surface area contributed by atoms with Gasteiger partial charge in [-0.1, -0.05) is 17.7 Å². The number of nitrogens with one attached hydrogen (secondary N) is 1. The Morgan fingerprint density at radius 2 is 2.03 bits per heavy atom. The third kappa shape index (κ3) is 4.77. The van der Waals surface area contributed by atoms with Gasteiger partial charge in [0.05, 0.1) is 11.6 Å². The van der Waals surface area contributed by atoms with Crippen molar-refractivity contribution in [2.75, 3.05) is 23.3 Å². The summed E-state index contributed by atoms with van der Waals surface area (Å²) in [6, 6.07) is 14.1. The second-order valence-electron chi connectivity index (χ2n) is 7.66. The van der Waals surface area contributed by atoms with Gasteiger partial charge < -0.3 is 10.2 Å². The highest BCUT2D eigenvalue weighted by molar-refractivity contribution is 6.30.